The van der Waals surface area contributed by atoms with Gasteiger partial charge in [-0.05, 0) is 18.4 Å². The maximum Gasteiger partial charge on any atom is 0.185 e. The Kier molecular flexibility index (Phi) is 1.71. The molecule has 1 aromatic carbocycles. The molecule has 0 amide bonds. The fourth-order valence-electron chi connectivity index (χ4n) is 2.12. The van der Waals surface area contributed by atoms with Gasteiger partial charge in [0.05, 0.1) is 5.69 Å². The number of hydrogen-bond acceptors (Lipinski definition) is 2. The Labute approximate surface area is 87.2 Å². The second kappa shape index (κ2) is 3.05. The first-order valence-corrected chi connectivity index (χ1v) is 5.01. The molecule has 3 nitrogen and oxygen atoms in total. The van der Waals surface area contributed by atoms with E-state index in [-0.39, 0.29) is 0 Å². The summed E-state index contributed by atoms with van der Waals surface area (Å²) in [5, 5.41) is 0. The summed E-state index contributed by atoms with van der Waals surface area (Å²) in [6.07, 6.45) is 2.72. The van der Waals surface area contributed by atoms with Crippen LogP contribution in [0.15, 0.2) is 24.3 Å². The first-order valence-electron chi connectivity index (χ1n) is 5.01. The van der Waals surface area contributed by atoms with Crippen molar-refractivity contribution < 1.29 is 4.79 Å². The standard InChI is InChI=1S/C12H10N2O/c15-7-11-13-10-6-5-8-3-1-2-4-9(8)12(10)14-11/h1-4,7H,5-6H2,(H,13,14). The maximum absolute atomic E-state index is 10.6. The van der Waals surface area contributed by atoms with E-state index in [4.69, 9.17) is 0 Å². The third kappa shape index (κ3) is 1.20. The molecule has 0 spiro atoms. The van der Waals surface area contributed by atoms with Crippen LogP contribution < -0.4 is 0 Å². The van der Waals surface area contributed by atoms with Crippen LogP contribution in [-0.4, -0.2) is 16.3 Å². The molecule has 0 aliphatic heterocycles. The molecule has 3 heteroatoms. The first-order chi connectivity index (χ1) is 7.38. The first kappa shape index (κ1) is 8.41. The van der Waals surface area contributed by atoms with Crippen molar-refractivity contribution in [1.82, 2.24) is 9.97 Å². The Morgan fingerprint density at radius 2 is 2.13 bits per heavy atom. The minimum Gasteiger partial charge on any atom is -0.339 e. The quantitative estimate of drug-likeness (QED) is 0.712. The van der Waals surface area contributed by atoms with Gasteiger partial charge in [0.2, 0.25) is 0 Å². The molecular formula is C12H10N2O. The fraction of sp³-hybridized carbons (Fsp3) is 0.167. The summed E-state index contributed by atoms with van der Waals surface area (Å²) < 4.78 is 0. The highest BCUT2D eigenvalue weighted by atomic mass is 16.1. The van der Waals surface area contributed by atoms with Gasteiger partial charge in [-0.3, -0.25) is 4.79 Å². The number of rotatable bonds is 1. The summed E-state index contributed by atoms with van der Waals surface area (Å²) in [7, 11) is 0. The zero-order chi connectivity index (χ0) is 10.3. The number of aromatic amines is 1. The minimum atomic E-state index is 0.428. The van der Waals surface area contributed by atoms with E-state index in [0.717, 1.165) is 36.1 Å². The zero-order valence-electron chi connectivity index (χ0n) is 8.16. The van der Waals surface area contributed by atoms with E-state index in [2.05, 4.69) is 22.1 Å². The molecule has 1 aliphatic rings. The Morgan fingerprint density at radius 3 is 3.00 bits per heavy atom. The van der Waals surface area contributed by atoms with Crippen molar-refractivity contribution in [2.75, 3.05) is 0 Å². The normalized spacial score (nSPS) is 13.1. The number of benzene rings is 1. The number of carbonyl (C=O) groups is 1. The van der Waals surface area contributed by atoms with Crippen LogP contribution in [0.4, 0.5) is 0 Å². The molecule has 3 rings (SSSR count). The molecule has 15 heavy (non-hydrogen) atoms. The van der Waals surface area contributed by atoms with Gasteiger partial charge in [0.25, 0.3) is 0 Å². The minimum absolute atomic E-state index is 0.428. The second-order valence-corrected chi connectivity index (χ2v) is 3.72. The Morgan fingerprint density at radius 1 is 1.27 bits per heavy atom. The molecule has 2 aromatic rings. The zero-order valence-corrected chi connectivity index (χ0v) is 8.16. The van der Waals surface area contributed by atoms with Crippen LogP contribution in [0.1, 0.15) is 21.9 Å². The van der Waals surface area contributed by atoms with E-state index in [1.807, 2.05) is 12.1 Å². The highest BCUT2D eigenvalue weighted by Gasteiger charge is 2.19. The molecule has 0 bridgehead atoms. The monoisotopic (exact) mass is 198 g/mol. The van der Waals surface area contributed by atoms with Crippen LogP contribution in [-0.2, 0) is 12.8 Å². The van der Waals surface area contributed by atoms with Crippen molar-refractivity contribution in [1.29, 1.82) is 0 Å². The van der Waals surface area contributed by atoms with Gasteiger partial charge in [-0.15, -0.1) is 0 Å². The number of carbonyl (C=O) groups excluding carboxylic acids is 1. The van der Waals surface area contributed by atoms with Crippen LogP contribution in [0.25, 0.3) is 11.3 Å². The highest BCUT2D eigenvalue weighted by molar-refractivity contribution is 5.75. The fourth-order valence-corrected chi connectivity index (χ4v) is 2.12. The number of nitrogens with zero attached hydrogens (tertiary/aromatic N) is 1. The van der Waals surface area contributed by atoms with Crippen molar-refractivity contribution in [3.05, 3.63) is 41.3 Å². The summed E-state index contributed by atoms with van der Waals surface area (Å²) in [4.78, 5) is 18.0. The third-order valence-corrected chi connectivity index (χ3v) is 2.83. The molecule has 0 atom stereocenters. The van der Waals surface area contributed by atoms with E-state index in [9.17, 15) is 4.79 Å². The Balaban J connectivity index is 2.24. The summed E-state index contributed by atoms with van der Waals surface area (Å²) in [5.41, 5.74) is 4.49. The van der Waals surface area contributed by atoms with Crippen LogP contribution in [0.3, 0.4) is 0 Å². The van der Waals surface area contributed by atoms with Crippen molar-refractivity contribution in [3.8, 4) is 11.3 Å². The van der Waals surface area contributed by atoms with Crippen LogP contribution in [0.2, 0.25) is 0 Å². The number of H-pyrrole nitrogens is 1. The largest absolute Gasteiger partial charge is 0.339 e. The van der Waals surface area contributed by atoms with Gasteiger partial charge in [0.15, 0.2) is 12.1 Å². The van der Waals surface area contributed by atoms with Gasteiger partial charge >= 0.3 is 0 Å². The number of nitrogens with one attached hydrogen (secondary N) is 1. The summed E-state index contributed by atoms with van der Waals surface area (Å²) >= 11 is 0. The molecule has 0 saturated carbocycles. The van der Waals surface area contributed by atoms with Gasteiger partial charge in [0, 0.05) is 11.3 Å². The molecule has 1 N–H and O–H groups in total. The number of fused-ring (bicyclic) bond motifs is 3. The van der Waals surface area contributed by atoms with Crippen molar-refractivity contribution >= 4 is 6.29 Å². The molecule has 0 fully saturated rings. The number of imidazole rings is 1. The molecule has 1 aromatic heterocycles. The molecule has 1 heterocycles. The Hall–Kier alpha value is -1.90. The van der Waals surface area contributed by atoms with Crippen molar-refractivity contribution in [2.24, 2.45) is 0 Å². The van der Waals surface area contributed by atoms with Crippen LogP contribution >= 0.6 is 0 Å². The lowest BCUT2D eigenvalue weighted by atomic mass is 9.93. The predicted octanol–water partition coefficient (Wildman–Crippen LogP) is 1.99. The van der Waals surface area contributed by atoms with Crippen molar-refractivity contribution in [2.45, 2.75) is 12.8 Å². The SMILES string of the molecule is O=Cc1nc2c([nH]1)CCc1ccccc1-2. The van der Waals surface area contributed by atoms with Gasteiger partial charge < -0.3 is 4.98 Å². The topological polar surface area (TPSA) is 45.8 Å². The second-order valence-electron chi connectivity index (χ2n) is 3.72. The van der Waals surface area contributed by atoms with Gasteiger partial charge in [-0.1, -0.05) is 24.3 Å². The summed E-state index contributed by atoms with van der Waals surface area (Å²) in [6.45, 7) is 0. The van der Waals surface area contributed by atoms with Gasteiger partial charge in [-0.25, -0.2) is 4.98 Å². The highest BCUT2D eigenvalue weighted by Crippen LogP contribution is 2.31. The maximum atomic E-state index is 10.6. The van der Waals surface area contributed by atoms with Crippen LogP contribution in [0.5, 0.6) is 0 Å². The number of aldehydes is 1. The number of aromatic nitrogens is 2. The lowest BCUT2D eigenvalue weighted by molar-refractivity contribution is 0.111. The lowest BCUT2D eigenvalue weighted by Crippen LogP contribution is -2.02. The molecular weight excluding hydrogens is 188 g/mol. The average Bonchev–Trinajstić information content (AvgIpc) is 2.72. The molecule has 0 unspecified atom stereocenters. The predicted molar refractivity (Wildman–Crippen MR) is 56.8 cm³/mol. The molecule has 0 saturated heterocycles. The number of aryl methyl sites for hydroxylation is 2. The third-order valence-electron chi connectivity index (χ3n) is 2.83. The molecule has 74 valence electrons. The van der Waals surface area contributed by atoms with E-state index >= 15 is 0 Å². The van der Waals surface area contributed by atoms with Crippen LogP contribution in [0, 0.1) is 0 Å². The lowest BCUT2D eigenvalue weighted by Gasteiger charge is -2.14. The van der Waals surface area contributed by atoms with E-state index in [1.54, 1.807) is 0 Å². The van der Waals surface area contributed by atoms with E-state index in [0.29, 0.717) is 5.82 Å². The average molecular weight is 198 g/mol. The van der Waals surface area contributed by atoms with Crippen molar-refractivity contribution in [3.63, 3.8) is 0 Å². The molecule has 0 radical (unpaired) electrons. The Bertz CT molecular complexity index is 528. The molecule has 1 aliphatic carbocycles. The summed E-state index contributed by atoms with van der Waals surface area (Å²) in [6, 6.07) is 8.22. The number of hydrogen-bond donors (Lipinski definition) is 1. The smallest absolute Gasteiger partial charge is 0.185 e. The summed E-state index contributed by atoms with van der Waals surface area (Å²) in [5.74, 6) is 0.428. The van der Waals surface area contributed by atoms with Gasteiger partial charge in [-0.2, -0.15) is 0 Å². The van der Waals surface area contributed by atoms with E-state index in [1.165, 1.54) is 5.56 Å². The van der Waals surface area contributed by atoms with Gasteiger partial charge in [0.1, 0.15) is 0 Å². The van der Waals surface area contributed by atoms with E-state index < -0.39 is 0 Å².